The SMILES string of the molecule is O=C(CCC1CCCC1)N1CCC[C@H](c2nc(N3CCCCC3)ncc2-c2cccnc2)C1. The zero-order valence-corrected chi connectivity index (χ0v) is 19.8. The summed E-state index contributed by atoms with van der Waals surface area (Å²) in [5.41, 5.74) is 3.21. The van der Waals surface area contributed by atoms with Crippen LogP contribution in [0.5, 0.6) is 0 Å². The zero-order chi connectivity index (χ0) is 22.5. The van der Waals surface area contributed by atoms with Crippen molar-refractivity contribution >= 4 is 11.9 Å². The zero-order valence-electron chi connectivity index (χ0n) is 19.8. The van der Waals surface area contributed by atoms with E-state index in [1.165, 1.54) is 44.9 Å². The lowest BCUT2D eigenvalue weighted by Gasteiger charge is -2.34. The van der Waals surface area contributed by atoms with Crippen LogP contribution >= 0.6 is 0 Å². The van der Waals surface area contributed by atoms with Crippen LogP contribution in [0.1, 0.15) is 82.2 Å². The highest BCUT2D eigenvalue weighted by atomic mass is 16.2. The quantitative estimate of drug-likeness (QED) is 0.609. The average Bonchev–Trinajstić information content (AvgIpc) is 3.42. The number of anilines is 1. The Kier molecular flexibility index (Phi) is 7.18. The van der Waals surface area contributed by atoms with E-state index in [4.69, 9.17) is 9.97 Å². The molecule has 3 fully saturated rings. The van der Waals surface area contributed by atoms with E-state index in [-0.39, 0.29) is 5.92 Å². The van der Waals surface area contributed by atoms with Crippen LogP contribution in [-0.4, -0.2) is 51.9 Å². The topological polar surface area (TPSA) is 62.2 Å². The lowest BCUT2D eigenvalue weighted by molar-refractivity contribution is -0.132. The van der Waals surface area contributed by atoms with Gasteiger partial charge in [-0.15, -0.1) is 0 Å². The molecule has 1 aliphatic carbocycles. The molecule has 33 heavy (non-hydrogen) atoms. The molecule has 2 aromatic heterocycles. The predicted molar refractivity (Wildman–Crippen MR) is 131 cm³/mol. The number of carbonyl (C=O) groups is 1. The summed E-state index contributed by atoms with van der Waals surface area (Å²) in [7, 11) is 0. The van der Waals surface area contributed by atoms with Crippen LogP contribution in [0.2, 0.25) is 0 Å². The van der Waals surface area contributed by atoms with E-state index in [1.54, 1.807) is 6.20 Å². The first-order valence-electron chi connectivity index (χ1n) is 13.1. The van der Waals surface area contributed by atoms with Crippen molar-refractivity contribution in [2.45, 2.75) is 76.5 Å². The number of likely N-dealkylation sites (tertiary alicyclic amines) is 1. The van der Waals surface area contributed by atoms with E-state index < -0.39 is 0 Å². The minimum absolute atomic E-state index is 0.246. The fourth-order valence-corrected chi connectivity index (χ4v) is 5.90. The molecule has 3 aliphatic rings. The average molecular weight is 448 g/mol. The number of hydrogen-bond acceptors (Lipinski definition) is 5. The van der Waals surface area contributed by atoms with E-state index in [1.807, 2.05) is 18.5 Å². The van der Waals surface area contributed by atoms with Crippen LogP contribution in [0.15, 0.2) is 30.7 Å². The molecule has 176 valence electrons. The highest BCUT2D eigenvalue weighted by Crippen LogP contribution is 2.35. The van der Waals surface area contributed by atoms with Crippen molar-refractivity contribution in [3.8, 4) is 11.1 Å². The summed E-state index contributed by atoms with van der Waals surface area (Å²) in [6, 6.07) is 4.06. The molecule has 1 saturated carbocycles. The van der Waals surface area contributed by atoms with Crippen molar-refractivity contribution < 1.29 is 4.79 Å². The number of hydrogen-bond donors (Lipinski definition) is 0. The van der Waals surface area contributed by atoms with Gasteiger partial charge in [-0.2, -0.15) is 0 Å². The van der Waals surface area contributed by atoms with Crippen molar-refractivity contribution in [3.05, 3.63) is 36.4 Å². The minimum Gasteiger partial charge on any atom is -0.342 e. The van der Waals surface area contributed by atoms with Gasteiger partial charge in [0.05, 0.1) is 5.69 Å². The monoisotopic (exact) mass is 447 g/mol. The highest BCUT2D eigenvalue weighted by Gasteiger charge is 2.29. The molecule has 0 aromatic carbocycles. The molecule has 2 aliphatic heterocycles. The van der Waals surface area contributed by atoms with Gasteiger partial charge < -0.3 is 9.80 Å². The molecule has 5 rings (SSSR count). The van der Waals surface area contributed by atoms with Crippen molar-refractivity contribution in [1.29, 1.82) is 0 Å². The Morgan fingerprint density at radius 1 is 0.970 bits per heavy atom. The second kappa shape index (κ2) is 10.6. The Bertz CT molecular complexity index is 921. The molecule has 4 heterocycles. The smallest absolute Gasteiger partial charge is 0.225 e. The first-order chi connectivity index (χ1) is 16.3. The van der Waals surface area contributed by atoms with E-state index in [2.05, 4.69) is 20.9 Å². The normalized spacial score (nSPS) is 22.0. The van der Waals surface area contributed by atoms with Gasteiger partial charge >= 0.3 is 0 Å². The molecule has 1 amide bonds. The lowest BCUT2D eigenvalue weighted by atomic mass is 9.90. The molecule has 6 nitrogen and oxygen atoms in total. The van der Waals surface area contributed by atoms with Gasteiger partial charge in [0.1, 0.15) is 0 Å². The summed E-state index contributed by atoms with van der Waals surface area (Å²) in [4.78, 5) is 31.8. The molecular formula is C27H37N5O. The molecule has 2 aromatic rings. The Labute approximate surface area is 197 Å². The van der Waals surface area contributed by atoms with Gasteiger partial charge in [0.2, 0.25) is 11.9 Å². The van der Waals surface area contributed by atoms with Crippen molar-refractivity contribution in [2.24, 2.45) is 5.92 Å². The van der Waals surface area contributed by atoms with Gasteiger partial charge in [0.25, 0.3) is 0 Å². The Hall–Kier alpha value is -2.50. The summed E-state index contributed by atoms with van der Waals surface area (Å²) >= 11 is 0. The van der Waals surface area contributed by atoms with Gasteiger partial charge in [0.15, 0.2) is 0 Å². The molecule has 0 N–H and O–H groups in total. The van der Waals surface area contributed by atoms with Crippen LogP contribution in [-0.2, 0) is 4.79 Å². The third-order valence-electron chi connectivity index (χ3n) is 7.82. The maximum absolute atomic E-state index is 13.1. The number of nitrogens with zero attached hydrogens (tertiary/aromatic N) is 5. The van der Waals surface area contributed by atoms with Gasteiger partial charge in [-0.25, -0.2) is 9.97 Å². The summed E-state index contributed by atoms with van der Waals surface area (Å²) in [6.07, 6.45) is 18.6. The number of piperidine rings is 2. The molecule has 0 bridgehead atoms. The maximum atomic E-state index is 13.1. The number of amides is 1. The van der Waals surface area contributed by atoms with E-state index in [9.17, 15) is 4.79 Å². The number of aromatic nitrogens is 3. The van der Waals surface area contributed by atoms with Gasteiger partial charge in [-0.1, -0.05) is 31.7 Å². The predicted octanol–water partition coefficient (Wildman–Crippen LogP) is 5.21. The van der Waals surface area contributed by atoms with Crippen molar-refractivity contribution in [2.75, 3.05) is 31.1 Å². The lowest BCUT2D eigenvalue weighted by Crippen LogP contribution is -2.39. The molecule has 1 atom stereocenters. The standard InChI is InChI=1S/C27H37N5O/c33-25(13-12-21-8-2-3-9-21)32-17-7-11-23(20-32)26-24(22-10-6-14-28-18-22)19-29-27(30-26)31-15-4-1-5-16-31/h6,10,14,18-19,21,23H,1-5,7-9,11-13,15-17,20H2/t23-/m0/s1. The van der Waals surface area contributed by atoms with E-state index in [0.717, 1.165) is 74.1 Å². The summed E-state index contributed by atoms with van der Waals surface area (Å²) < 4.78 is 0. The second-order valence-corrected chi connectivity index (χ2v) is 10.1. The van der Waals surface area contributed by atoms with Crippen LogP contribution in [0.3, 0.4) is 0 Å². The second-order valence-electron chi connectivity index (χ2n) is 10.1. The van der Waals surface area contributed by atoms with E-state index >= 15 is 0 Å². The molecule has 0 spiro atoms. The Balaban J connectivity index is 1.36. The Morgan fingerprint density at radius 3 is 2.61 bits per heavy atom. The van der Waals surface area contributed by atoms with Crippen LogP contribution in [0, 0.1) is 5.92 Å². The Morgan fingerprint density at radius 2 is 1.82 bits per heavy atom. The first-order valence-corrected chi connectivity index (χ1v) is 13.1. The maximum Gasteiger partial charge on any atom is 0.225 e. The van der Waals surface area contributed by atoms with Gasteiger partial charge in [-0.3, -0.25) is 9.78 Å². The van der Waals surface area contributed by atoms with Crippen molar-refractivity contribution in [3.63, 3.8) is 0 Å². The third-order valence-corrected chi connectivity index (χ3v) is 7.82. The fraction of sp³-hybridized carbons (Fsp3) is 0.630. The van der Waals surface area contributed by atoms with Gasteiger partial charge in [-0.05, 0) is 50.5 Å². The summed E-state index contributed by atoms with van der Waals surface area (Å²) in [6.45, 7) is 3.71. The molecule has 0 radical (unpaired) electrons. The molecule has 6 heteroatoms. The number of carbonyl (C=O) groups excluding carboxylic acids is 1. The first kappa shape index (κ1) is 22.3. The van der Waals surface area contributed by atoms with Crippen molar-refractivity contribution in [1.82, 2.24) is 19.9 Å². The van der Waals surface area contributed by atoms with Crippen LogP contribution < -0.4 is 4.90 Å². The van der Waals surface area contributed by atoms with Crippen LogP contribution in [0.4, 0.5) is 5.95 Å². The van der Waals surface area contributed by atoms with Crippen LogP contribution in [0.25, 0.3) is 11.1 Å². The fourth-order valence-electron chi connectivity index (χ4n) is 5.90. The summed E-state index contributed by atoms with van der Waals surface area (Å²) in [5, 5.41) is 0. The molecule has 0 unspecified atom stereocenters. The number of pyridine rings is 1. The number of rotatable bonds is 6. The van der Waals surface area contributed by atoms with Gasteiger partial charge in [0, 0.05) is 68.2 Å². The largest absolute Gasteiger partial charge is 0.342 e. The molecule has 2 saturated heterocycles. The summed E-state index contributed by atoms with van der Waals surface area (Å²) in [5.74, 6) is 2.19. The molecular weight excluding hydrogens is 410 g/mol. The highest BCUT2D eigenvalue weighted by molar-refractivity contribution is 5.76. The van der Waals surface area contributed by atoms with E-state index in [0.29, 0.717) is 12.3 Å². The third kappa shape index (κ3) is 5.36. The minimum atomic E-state index is 0.246.